The van der Waals surface area contributed by atoms with Crippen LogP contribution in [0.25, 0.3) is 0 Å². The fraction of sp³-hybridized carbons (Fsp3) is 1.00. The number of rotatable bonds is 3. The lowest BCUT2D eigenvalue weighted by molar-refractivity contribution is 0.0184. The zero-order chi connectivity index (χ0) is 14.8. The Hall–Kier alpha value is -0.120. The molecule has 3 heteroatoms. The van der Waals surface area contributed by atoms with Crippen molar-refractivity contribution in [3.8, 4) is 0 Å². The quantitative estimate of drug-likeness (QED) is 0.863. The van der Waals surface area contributed by atoms with Crippen molar-refractivity contribution in [3.63, 3.8) is 0 Å². The molecule has 2 rings (SSSR count). The Labute approximate surface area is 125 Å². The second-order valence-electron chi connectivity index (χ2n) is 7.76. The van der Waals surface area contributed by atoms with Gasteiger partial charge in [0.25, 0.3) is 0 Å². The lowest BCUT2D eigenvalue weighted by atomic mass is 9.82. The van der Waals surface area contributed by atoms with E-state index in [-0.39, 0.29) is 5.54 Å². The third-order valence-electron chi connectivity index (χ3n) is 5.60. The van der Waals surface area contributed by atoms with Crippen molar-refractivity contribution >= 4 is 0 Å². The Kier molecular flexibility index (Phi) is 5.49. The van der Waals surface area contributed by atoms with Gasteiger partial charge in [0.15, 0.2) is 0 Å². The van der Waals surface area contributed by atoms with Crippen molar-refractivity contribution in [2.75, 3.05) is 32.7 Å². The zero-order valence-electron chi connectivity index (χ0n) is 14.1. The summed E-state index contributed by atoms with van der Waals surface area (Å²) in [5, 5.41) is 0. The molecule has 0 aromatic rings. The van der Waals surface area contributed by atoms with E-state index in [1.54, 1.807) is 0 Å². The summed E-state index contributed by atoms with van der Waals surface area (Å²) in [6, 6.07) is 0.669. The summed E-state index contributed by atoms with van der Waals surface area (Å²) in [4.78, 5) is 5.39. The van der Waals surface area contributed by atoms with Crippen LogP contribution in [-0.2, 0) is 0 Å². The van der Waals surface area contributed by atoms with Crippen LogP contribution in [0.2, 0.25) is 0 Å². The molecule has 0 aromatic carbocycles. The molecular weight excluding hydrogens is 246 g/mol. The Morgan fingerprint density at radius 1 is 1.10 bits per heavy atom. The Morgan fingerprint density at radius 3 is 2.30 bits per heavy atom. The first-order chi connectivity index (χ1) is 9.47. The average Bonchev–Trinajstić information content (AvgIpc) is 2.60. The van der Waals surface area contributed by atoms with Crippen LogP contribution in [0.15, 0.2) is 0 Å². The van der Waals surface area contributed by atoms with Gasteiger partial charge in [-0.05, 0) is 57.9 Å². The molecular formula is C17H35N3. The molecule has 0 spiro atoms. The average molecular weight is 281 g/mol. The zero-order valence-corrected chi connectivity index (χ0v) is 14.1. The largest absolute Gasteiger partial charge is 0.329 e. The minimum Gasteiger partial charge on any atom is -0.329 e. The number of hydrogen-bond donors (Lipinski definition) is 1. The van der Waals surface area contributed by atoms with Gasteiger partial charge in [-0.3, -0.25) is 4.90 Å². The maximum Gasteiger partial charge on any atom is 0.0344 e. The number of nitrogens with two attached hydrogens (primary N) is 1. The number of piperidine rings is 1. The van der Waals surface area contributed by atoms with Gasteiger partial charge in [-0.2, -0.15) is 0 Å². The normalized spacial score (nSPS) is 38.1. The van der Waals surface area contributed by atoms with Crippen LogP contribution in [0.4, 0.5) is 0 Å². The topological polar surface area (TPSA) is 32.5 Å². The summed E-state index contributed by atoms with van der Waals surface area (Å²) in [7, 11) is 0. The Balaban J connectivity index is 2.08. The van der Waals surface area contributed by atoms with Gasteiger partial charge in [0, 0.05) is 37.8 Å². The molecule has 20 heavy (non-hydrogen) atoms. The number of nitrogens with zero attached hydrogens (tertiary/aromatic N) is 2. The van der Waals surface area contributed by atoms with Crippen LogP contribution in [0.3, 0.4) is 0 Å². The van der Waals surface area contributed by atoms with Crippen LogP contribution in [0.5, 0.6) is 0 Å². The molecule has 2 aliphatic rings. The first kappa shape index (κ1) is 16.3. The third kappa shape index (κ3) is 3.55. The van der Waals surface area contributed by atoms with Crippen LogP contribution in [-0.4, -0.2) is 54.1 Å². The fourth-order valence-electron chi connectivity index (χ4n) is 4.42. The van der Waals surface area contributed by atoms with Crippen molar-refractivity contribution in [2.24, 2.45) is 17.6 Å². The minimum absolute atomic E-state index is 0.270. The molecule has 0 aliphatic carbocycles. The predicted octanol–water partition coefficient (Wildman–Crippen LogP) is 2.56. The van der Waals surface area contributed by atoms with E-state index in [1.807, 2.05) is 0 Å². The highest BCUT2D eigenvalue weighted by Crippen LogP contribution is 2.34. The molecule has 2 N–H and O–H groups in total. The van der Waals surface area contributed by atoms with Crippen molar-refractivity contribution in [1.82, 2.24) is 9.80 Å². The molecule has 118 valence electrons. The second-order valence-corrected chi connectivity index (χ2v) is 7.76. The van der Waals surface area contributed by atoms with Gasteiger partial charge in [-0.15, -0.1) is 0 Å². The van der Waals surface area contributed by atoms with Gasteiger partial charge in [0.2, 0.25) is 0 Å². The molecule has 0 aromatic heterocycles. The SMILES string of the molecule is CC1CC(C)CN(C2(CN)CCCN(C(C)C)CC2)C1. The van der Waals surface area contributed by atoms with E-state index in [4.69, 9.17) is 5.73 Å². The number of hydrogen-bond acceptors (Lipinski definition) is 3. The predicted molar refractivity (Wildman–Crippen MR) is 86.9 cm³/mol. The van der Waals surface area contributed by atoms with Gasteiger partial charge in [0.05, 0.1) is 0 Å². The van der Waals surface area contributed by atoms with Crippen molar-refractivity contribution < 1.29 is 0 Å². The molecule has 3 nitrogen and oxygen atoms in total. The van der Waals surface area contributed by atoms with Gasteiger partial charge >= 0.3 is 0 Å². The van der Waals surface area contributed by atoms with Gasteiger partial charge in [-0.1, -0.05) is 13.8 Å². The molecule has 0 bridgehead atoms. The molecule has 2 saturated heterocycles. The summed E-state index contributed by atoms with van der Waals surface area (Å²) < 4.78 is 0. The third-order valence-corrected chi connectivity index (χ3v) is 5.60. The summed E-state index contributed by atoms with van der Waals surface area (Å²) >= 11 is 0. The molecule has 0 saturated carbocycles. The molecule has 3 unspecified atom stereocenters. The van der Waals surface area contributed by atoms with E-state index in [0.717, 1.165) is 18.4 Å². The van der Waals surface area contributed by atoms with E-state index < -0.39 is 0 Å². The van der Waals surface area contributed by atoms with E-state index >= 15 is 0 Å². The van der Waals surface area contributed by atoms with Gasteiger partial charge in [0.1, 0.15) is 0 Å². The minimum atomic E-state index is 0.270. The molecule has 3 atom stereocenters. The second kappa shape index (κ2) is 6.76. The molecule has 0 amide bonds. The van der Waals surface area contributed by atoms with E-state index in [2.05, 4.69) is 37.5 Å². The van der Waals surface area contributed by atoms with E-state index in [0.29, 0.717) is 6.04 Å². The first-order valence-corrected chi connectivity index (χ1v) is 8.66. The van der Waals surface area contributed by atoms with Crippen LogP contribution < -0.4 is 5.73 Å². The van der Waals surface area contributed by atoms with E-state index in [9.17, 15) is 0 Å². The van der Waals surface area contributed by atoms with Crippen molar-refractivity contribution in [2.45, 2.75) is 65.0 Å². The van der Waals surface area contributed by atoms with Gasteiger partial charge < -0.3 is 10.6 Å². The highest BCUT2D eigenvalue weighted by Gasteiger charge is 2.40. The Bertz CT molecular complexity index is 295. The standard InChI is InChI=1S/C17H35N3/c1-14(2)19-8-5-6-17(13-18,7-9-19)20-11-15(3)10-16(4)12-20/h14-16H,5-13,18H2,1-4H3. The van der Waals surface area contributed by atoms with Gasteiger partial charge in [-0.25, -0.2) is 0 Å². The van der Waals surface area contributed by atoms with Crippen LogP contribution >= 0.6 is 0 Å². The maximum absolute atomic E-state index is 6.29. The Morgan fingerprint density at radius 2 is 1.75 bits per heavy atom. The molecule has 2 heterocycles. The summed E-state index contributed by atoms with van der Waals surface area (Å²) in [5.74, 6) is 1.65. The first-order valence-electron chi connectivity index (χ1n) is 8.66. The number of likely N-dealkylation sites (tertiary alicyclic amines) is 2. The van der Waals surface area contributed by atoms with Crippen LogP contribution in [0, 0.1) is 11.8 Å². The smallest absolute Gasteiger partial charge is 0.0344 e. The molecule has 2 aliphatic heterocycles. The fourth-order valence-corrected chi connectivity index (χ4v) is 4.42. The maximum atomic E-state index is 6.29. The summed E-state index contributed by atoms with van der Waals surface area (Å²) in [6.45, 7) is 15.3. The monoisotopic (exact) mass is 281 g/mol. The van der Waals surface area contributed by atoms with E-state index in [1.165, 1.54) is 51.9 Å². The summed E-state index contributed by atoms with van der Waals surface area (Å²) in [5.41, 5.74) is 6.56. The summed E-state index contributed by atoms with van der Waals surface area (Å²) in [6.07, 6.45) is 5.22. The lowest BCUT2D eigenvalue weighted by Gasteiger charge is -2.48. The molecule has 0 radical (unpaired) electrons. The van der Waals surface area contributed by atoms with Crippen LogP contribution in [0.1, 0.15) is 53.4 Å². The lowest BCUT2D eigenvalue weighted by Crippen LogP contribution is -2.58. The highest BCUT2D eigenvalue weighted by atomic mass is 15.2. The van der Waals surface area contributed by atoms with Crippen molar-refractivity contribution in [3.05, 3.63) is 0 Å². The highest BCUT2D eigenvalue weighted by molar-refractivity contribution is 4.97. The molecule has 2 fully saturated rings. The van der Waals surface area contributed by atoms with Crippen molar-refractivity contribution in [1.29, 1.82) is 0 Å².